The van der Waals surface area contributed by atoms with Crippen molar-refractivity contribution in [3.8, 4) is 22.6 Å². The zero-order chi connectivity index (χ0) is 25.4. The second-order valence-corrected chi connectivity index (χ2v) is 11.8. The highest BCUT2D eigenvalue weighted by Crippen LogP contribution is 2.51. The molecule has 1 amide bonds. The summed E-state index contributed by atoms with van der Waals surface area (Å²) in [5.41, 5.74) is 3.24. The summed E-state index contributed by atoms with van der Waals surface area (Å²) in [4.78, 5) is 14.2. The fraction of sp³-hybridized carbons (Fsp3) is 0.367. The first-order valence-corrected chi connectivity index (χ1v) is 14.3. The zero-order valence-electron chi connectivity index (χ0n) is 21.1. The Morgan fingerprint density at radius 2 is 1.78 bits per heavy atom. The molecule has 2 saturated carbocycles. The molecule has 192 valence electrons. The highest BCUT2D eigenvalue weighted by Gasteiger charge is 2.51. The molecule has 2 fully saturated rings. The molecule has 7 heteroatoms. The quantitative estimate of drug-likeness (QED) is 0.365. The number of rotatable bonds is 10. The van der Waals surface area contributed by atoms with E-state index in [-0.39, 0.29) is 12.7 Å². The third-order valence-corrected chi connectivity index (χ3v) is 8.96. The van der Waals surface area contributed by atoms with Gasteiger partial charge >= 0.3 is 0 Å². The summed E-state index contributed by atoms with van der Waals surface area (Å²) in [5, 5.41) is 3.14. The summed E-state index contributed by atoms with van der Waals surface area (Å²) < 4.78 is 26.2. The molecule has 37 heavy (non-hydrogen) atoms. The van der Waals surface area contributed by atoms with Crippen molar-refractivity contribution < 1.29 is 18.5 Å². The predicted molar refractivity (Wildman–Crippen MR) is 145 cm³/mol. The van der Waals surface area contributed by atoms with E-state index < -0.39 is 16.4 Å². The van der Waals surface area contributed by atoms with Gasteiger partial charge in [-0.2, -0.15) is 0 Å². The lowest BCUT2D eigenvalue weighted by Gasteiger charge is -2.20. The summed E-state index contributed by atoms with van der Waals surface area (Å²) in [5.74, 6) is 2.13. The number of nitrogens with one attached hydrogen (secondary N) is 1. The minimum atomic E-state index is -1.14. The smallest absolute Gasteiger partial charge is 0.235 e. The number of nitrogens with zero attached hydrogens (tertiary/aromatic N) is 1. The Labute approximate surface area is 220 Å². The van der Waals surface area contributed by atoms with Gasteiger partial charge in [-0.25, -0.2) is 8.51 Å². The molecule has 3 aliphatic rings. The maximum Gasteiger partial charge on any atom is 0.235 e. The number of hydrogen-bond donors (Lipinski definition) is 1. The standard InChI is InChI=1S/C30H32N2O4S/c1-2-16-32(19-21-6-7-21)37(34)26-11-8-22(9-12-26)23-4-3-5-25(17-23)31-29(33)30(14-15-30)24-10-13-27-28(18-24)36-20-35-27/h3-5,8-13,17-18,21H,2,6-7,14-16,19-20H2,1H3,(H,31,33). The lowest BCUT2D eigenvalue weighted by molar-refractivity contribution is -0.118. The van der Waals surface area contributed by atoms with Crippen LogP contribution in [0.2, 0.25) is 0 Å². The Morgan fingerprint density at radius 3 is 2.51 bits per heavy atom. The van der Waals surface area contributed by atoms with E-state index in [1.54, 1.807) is 0 Å². The summed E-state index contributed by atoms with van der Waals surface area (Å²) in [6.07, 6.45) is 5.12. The molecule has 1 N–H and O–H groups in total. The molecule has 1 aliphatic heterocycles. The van der Waals surface area contributed by atoms with Crippen LogP contribution in [-0.4, -0.2) is 34.3 Å². The second kappa shape index (κ2) is 9.95. The van der Waals surface area contributed by atoms with Crippen molar-refractivity contribution >= 4 is 22.6 Å². The van der Waals surface area contributed by atoms with Crippen molar-refractivity contribution in [1.29, 1.82) is 0 Å². The van der Waals surface area contributed by atoms with Gasteiger partial charge in [-0.1, -0.05) is 37.3 Å². The van der Waals surface area contributed by atoms with E-state index in [4.69, 9.17) is 9.47 Å². The van der Waals surface area contributed by atoms with Crippen molar-refractivity contribution in [2.75, 3.05) is 25.2 Å². The van der Waals surface area contributed by atoms with Crippen LogP contribution in [-0.2, 0) is 21.2 Å². The highest BCUT2D eigenvalue weighted by atomic mass is 32.2. The summed E-state index contributed by atoms with van der Waals surface area (Å²) in [7, 11) is -1.14. The number of hydrogen-bond acceptors (Lipinski definition) is 4. The van der Waals surface area contributed by atoms with Gasteiger partial charge in [-0.05, 0) is 91.1 Å². The SMILES string of the molecule is CCCN(CC1CC1)S(=O)c1ccc(-c2cccc(NC(=O)C3(c4ccc5c(c4)OCO5)CC3)c2)cc1. The largest absolute Gasteiger partial charge is 0.454 e. The van der Waals surface area contributed by atoms with Crippen molar-refractivity contribution in [3.05, 3.63) is 72.3 Å². The van der Waals surface area contributed by atoms with Crippen LogP contribution in [0.5, 0.6) is 11.5 Å². The fourth-order valence-corrected chi connectivity index (χ4v) is 6.35. The van der Waals surface area contributed by atoms with E-state index in [1.165, 1.54) is 12.8 Å². The minimum absolute atomic E-state index is 0.000869. The van der Waals surface area contributed by atoms with Crippen LogP contribution in [0, 0.1) is 5.92 Å². The molecule has 1 heterocycles. The van der Waals surface area contributed by atoms with Gasteiger partial charge in [0, 0.05) is 18.8 Å². The number of fused-ring (bicyclic) bond motifs is 1. The summed E-state index contributed by atoms with van der Waals surface area (Å²) >= 11 is 0. The number of carbonyl (C=O) groups excluding carboxylic acids is 1. The normalized spacial score (nSPS) is 18.0. The van der Waals surface area contributed by atoms with Gasteiger partial charge in [0.05, 0.1) is 10.3 Å². The topological polar surface area (TPSA) is 67.9 Å². The maximum atomic E-state index is 13.3. The number of amides is 1. The van der Waals surface area contributed by atoms with E-state index in [0.29, 0.717) is 11.7 Å². The zero-order valence-corrected chi connectivity index (χ0v) is 21.9. The molecule has 0 saturated heterocycles. The van der Waals surface area contributed by atoms with E-state index >= 15 is 0 Å². The molecule has 1 unspecified atom stereocenters. The van der Waals surface area contributed by atoms with Crippen molar-refractivity contribution in [1.82, 2.24) is 4.31 Å². The number of anilines is 1. The predicted octanol–water partition coefficient (Wildman–Crippen LogP) is 5.90. The van der Waals surface area contributed by atoms with Gasteiger partial charge in [-0.15, -0.1) is 0 Å². The molecule has 6 rings (SSSR count). The Kier molecular flexibility index (Phi) is 6.51. The fourth-order valence-electron chi connectivity index (χ4n) is 4.99. The Hall–Kier alpha value is -3.16. The average Bonchev–Trinajstić information content (AvgIpc) is 3.86. The molecule has 0 bridgehead atoms. The van der Waals surface area contributed by atoms with Crippen LogP contribution in [0.15, 0.2) is 71.6 Å². The second-order valence-electron chi connectivity index (χ2n) is 10.3. The monoisotopic (exact) mass is 516 g/mol. The summed E-state index contributed by atoms with van der Waals surface area (Å²) in [6.45, 7) is 4.11. The van der Waals surface area contributed by atoms with Gasteiger partial charge in [0.1, 0.15) is 11.0 Å². The molecule has 0 spiro atoms. The van der Waals surface area contributed by atoms with Gasteiger partial charge in [0.15, 0.2) is 11.5 Å². The van der Waals surface area contributed by atoms with Crippen LogP contribution >= 0.6 is 0 Å². The number of benzene rings is 3. The molecular weight excluding hydrogens is 484 g/mol. The number of carbonyl (C=O) groups is 1. The van der Waals surface area contributed by atoms with Crippen LogP contribution in [0.3, 0.4) is 0 Å². The van der Waals surface area contributed by atoms with Crippen LogP contribution in [0.1, 0.15) is 44.6 Å². The molecule has 2 aliphatic carbocycles. The first kappa shape index (κ1) is 24.2. The van der Waals surface area contributed by atoms with Crippen LogP contribution < -0.4 is 14.8 Å². The Bertz CT molecular complexity index is 1330. The summed E-state index contributed by atoms with van der Waals surface area (Å²) in [6, 6.07) is 21.6. The van der Waals surface area contributed by atoms with E-state index in [0.717, 1.165) is 65.4 Å². The van der Waals surface area contributed by atoms with Gasteiger partial charge < -0.3 is 14.8 Å². The molecule has 6 nitrogen and oxygen atoms in total. The van der Waals surface area contributed by atoms with Gasteiger partial charge in [-0.3, -0.25) is 4.79 Å². The minimum Gasteiger partial charge on any atom is -0.454 e. The maximum absolute atomic E-state index is 13.3. The van der Waals surface area contributed by atoms with Gasteiger partial charge in [0.25, 0.3) is 0 Å². The molecule has 1 atom stereocenters. The van der Waals surface area contributed by atoms with Crippen LogP contribution in [0.25, 0.3) is 11.1 Å². The van der Waals surface area contributed by atoms with Gasteiger partial charge in [0.2, 0.25) is 12.7 Å². The first-order valence-electron chi connectivity index (χ1n) is 13.1. The van der Waals surface area contributed by atoms with Crippen molar-refractivity contribution in [3.63, 3.8) is 0 Å². The average molecular weight is 517 g/mol. The van der Waals surface area contributed by atoms with E-state index in [1.807, 2.05) is 66.7 Å². The highest BCUT2D eigenvalue weighted by molar-refractivity contribution is 7.82. The third-order valence-electron chi connectivity index (χ3n) is 7.49. The Balaban J connectivity index is 1.15. The Morgan fingerprint density at radius 1 is 1.00 bits per heavy atom. The third kappa shape index (κ3) is 5.03. The van der Waals surface area contributed by atoms with Crippen LogP contribution in [0.4, 0.5) is 5.69 Å². The molecule has 0 aromatic heterocycles. The molecule has 3 aromatic carbocycles. The lowest BCUT2D eigenvalue weighted by atomic mass is 9.94. The molecular formula is C30H32N2O4S. The van der Waals surface area contributed by atoms with E-state index in [9.17, 15) is 9.00 Å². The lowest BCUT2D eigenvalue weighted by Crippen LogP contribution is -2.29. The van der Waals surface area contributed by atoms with Crippen molar-refractivity contribution in [2.24, 2.45) is 5.92 Å². The van der Waals surface area contributed by atoms with E-state index in [2.05, 4.69) is 16.5 Å². The molecule has 0 radical (unpaired) electrons. The van der Waals surface area contributed by atoms with Crippen molar-refractivity contribution in [2.45, 2.75) is 49.3 Å². The number of ether oxygens (including phenoxy) is 2. The molecule has 3 aromatic rings. The first-order chi connectivity index (χ1) is 18.1.